The molecule has 0 bridgehead atoms. The van der Waals surface area contributed by atoms with Gasteiger partial charge in [-0.3, -0.25) is 0 Å². The summed E-state index contributed by atoms with van der Waals surface area (Å²) in [5.41, 5.74) is -0.196. The van der Waals surface area contributed by atoms with Gasteiger partial charge in [-0.1, -0.05) is 0 Å². The first-order valence-corrected chi connectivity index (χ1v) is 6.12. The monoisotopic (exact) mass is 196 g/mol. The summed E-state index contributed by atoms with van der Waals surface area (Å²) in [6.07, 6.45) is 0. The average molecular weight is 196 g/mol. The van der Waals surface area contributed by atoms with Crippen molar-refractivity contribution in [1.29, 1.82) is 0 Å². The Morgan fingerprint density at radius 2 is 1.67 bits per heavy atom. The van der Waals surface area contributed by atoms with E-state index >= 15 is 0 Å². The van der Waals surface area contributed by atoms with Gasteiger partial charge in [0.15, 0.2) is 0 Å². The standard InChI is InChI=1S/C8H21O3P/c1-7(2)12(9,10)11-6-8(3,4)5/h7,9-10,12H,6H2,1-5H3. The number of rotatable bonds is 3. The van der Waals surface area contributed by atoms with Crippen molar-refractivity contribution in [3.8, 4) is 0 Å². The molecule has 0 aliphatic heterocycles. The Morgan fingerprint density at radius 3 is 1.92 bits per heavy atom. The van der Waals surface area contributed by atoms with Crippen molar-refractivity contribution in [2.45, 2.75) is 40.3 Å². The molecule has 0 aliphatic carbocycles. The van der Waals surface area contributed by atoms with Crippen LogP contribution in [0.1, 0.15) is 34.6 Å². The zero-order chi connectivity index (χ0) is 9.99. The van der Waals surface area contributed by atoms with Gasteiger partial charge in [-0.15, -0.1) is 0 Å². The van der Waals surface area contributed by atoms with E-state index < -0.39 is 7.94 Å². The predicted molar refractivity (Wildman–Crippen MR) is 53.3 cm³/mol. The molecule has 12 heavy (non-hydrogen) atoms. The molecule has 76 valence electrons. The molecule has 0 aromatic rings. The summed E-state index contributed by atoms with van der Waals surface area (Å²) in [6, 6.07) is 0. The fraction of sp³-hybridized carbons (Fsp3) is 1.00. The zero-order valence-electron chi connectivity index (χ0n) is 8.59. The van der Waals surface area contributed by atoms with Crippen LogP contribution in [-0.2, 0) is 4.52 Å². The molecule has 3 nitrogen and oxygen atoms in total. The first-order valence-electron chi connectivity index (χ1n) is 4.24. The Labute approximate surface area is 75.3 Å². The molecular weight excluding hydrogens is 175 g/mol. The SMILES string of the molecule is CC(C)[PH](O)(O)OCC(C)(C)C. The molecule has 0 saturated heterocycles. The second kappa shape index (κ2) is 4.01. The Kier molecular flexibility index (Phi) is 4.12. The molecule has 0 radical (unpaired) electrons. The van der Waals surface area contributed by atoms with Crippen LogP contribution in [0.25, 0.3) is 0 Å². The third-order valence-corrected chi connectivity index (χ3v) is 3.54. The van der Waals surface area contributed by atoms with E-state index in [0.29, 0.717) is 6.61 Å². The third kappa shape index (κ3) is 5.04. The van der Waals surface area contributed by atoms with Gasteiger partial charge in [-0.05, 0) is 0 Å². The Hall–Kier alpha value is 0.310. The average Bonchev–Trinajstić information content (AvgIpc) is 1.82. The molecule has 0 aliphatic rings. The van der Waals surface area contributed by atoms with Gasteiger partial charge in [0.2, 0.25) is 0 Å². The normalized spacial score (nSPS) is 15.3. The van der Waals surface area contributed by atoms with Crippen molar-refractivity contribution in [2.24, 2.45) is 5.41 Å². The van der Waals surface area contributed by atoms with Crippen molar-refractivity contribution in [3.05, 3.63) is 0 Å². The molecule has 0 spiro atoms. The molecular formula is C8H21O3P. The maximum atomic E-state index is 9.43. The molecule has 0 rings (SSSR count). The van der Waals surface area contributed by atoms with Crippen LogP contribution in [0.2, 0.25) is 0 Å². The fourth-order valence-electron chi connectivity index (χ4n) is 0.489. The van der Waals surface area contributed by atoms with Crippen LogP contribution in [0.15, 0.2) is 0 Å². The van der Waals surface area contributed by atoms with Crippen LogP contribution >= 0.6 is 7.94 Å². The fourth-order valence-corrected chi connectivity index (χ4v) is 1.47. The van der Waals surface area contributed by atoms with Gasteiger partial charge < -0.3 is 0 Å². The van der Waals surface area contributed by atoms with Crippen LogP contribution < -0.4 is 0 Å². The van der Waals surface area contributed by atoms with Gasteiger partial charge in [0, 0.05) is 0 Å². The summed E-state index contributed by atoms with van der Waals surface area (Å²) in [4.78, 5) is 18.9. The summed E-state index contributed by atoms with van der Waals surface area (Å²) < 4.78 is 5.11. The summed E-state index contributed by atoms with van der Waals surface area (Å²) in [5, 5.41) is 0. The number of hydrogen-bond acceptors (Lipinski definition) is 3. The van der Waals surface area contributed by atoms with E-state index in [0.717, 1.165) is 0 Å². The minimum atomic E-state index is -3.39. The molecule has 0 atom stereocenters. The minimum absolute atomic E-state index is 0.0153. The van der Waals surface area contributed by atoms with Crippen molar-refractivity contribution in [1.82, 2.24) is 0 Å². The number of hydrogen-bond donors (Lipinski definition) is 2. The van der Waals surface area contributed by atoms with Crippen LogP contribution in [-0.4, -0.2) is 22.1 Å². The van der Waals surface area contributed by atoms with Crippen molar-refractivity contribution in [3.63, 3.8) is 0 Å². The van der Waals surface area contributed by atoms with E-state index in [4.69, 9.17) is 4.52 Å². The molecule has 0 fully saturated rings. The van der Waals surface area contributed by atoms with Crippen LogP contribution in [0.3, 0.4) is 0 Å². The van der Waals surface area contributed by atoms with E-state index in [9.17, 15) is 9.79 Å². The van der Waals surface area contributed by atoms with E-state index in [1.165, 1.54) is 0 Å². The van der Waals surface area contributed by atoms with E-state index in [2.05, 4.69) is 0 Å². The predicted octanol–water partition coefficient (Wildman–Crippen LogP) is 1.94. The first-order chi connectivity index (χ1) is 5.15. The maximum absolute atomic E-state index is 9.43. The summed E-state index contributed by atoms with van der Waals surface area (Å²) in [6.45, 7) is 9.90. The molecule has 0 heterocycles. The van der Waals surface area contributed by atoms with E-state index in [1.807, 2.05) is 20.8 Å². The van der Waals surface area contributed by atoms with Gasteiger partial charge >= 0.3 is 74.6 Å². The first kappa shape index (κ1) is 12.3. The van der Waals surface area contributed by atoms with Crippen LogP contribution in [0.5, 0.6) is 0 Å². The van der Waals surface area contributed by atoms with Crippen molar-refractivity contribution < 1.29 is 14.3 Å². The quantitative estimate of drug-likeness (QED) is 0.678. The Balaban J connectivity index is 3.93. The molecule has 0 saturated carbocycles. The van der Waals surface area contributed by atoms with Crippen LogP contribution in [0, 0.1) is 5.41 Å². The molecule has 2 N–H and O–H groups in total. The van der Waals surface area contributed by atoms with Crippen molar-refractivity contribution >= 4 is 7.94 Å². The van der Waals surface area contributed by atoms with Crippen molar-refractivity contribution in [2.75, 3.05) is 6.61 Å². The van der Waals surface area contributed by atoms with Gasteiger partial charge in [0.05, 0.1) is 0 Å². The topological polar surface area (TPSA) is 49.7 Å². The molecule has 4 heteroatoms. The van der Waals surface area contributed by atoms with Crippen LogP contribution in [0.4, 0.5) is 0 Å². The zero-order valence-corrected chi connectivity index (χ0v) is 9.59. The molecule has 0 aromatic carbocycles. The third-order valence-electron chi connectivity index (χ3n) is 1.47. The van der Waals surface area contributed by atoms with Gasteiger partial charge in [-0.25, -0.2) is 0 Å². The Morgan fingerprint density at radius 1 is 1.25 bits per heavy atom. The second-order valence-corrected chi connectivity index (χ2v) is 7.42. The summed E-state index contributed by atoms with van der Waals surface area (Å²) in [5.74, 6) is 0. The van der Waals surface area contributed by atoms with E-state index in [-0.39, 0.29) is 11.1 Å². The Bertz CT molecular complexity index is 138. The molecule has 0 amide bonds. The van der Waals surface area contributed by atoms with Gasteiger partial charge in [0.1, 0.15) is 0 Å². The van der Waals surface area contributed by atoms with E-state index in [1.54, 1.807) is 13.8 Å². The second-order valence-electron chi connectivity index (χ2n) is 4.66. The van der Waals surface area contributed by atoms with Gasteiger partial charge in [0.25, 0.3) is 0 Å². The van der Waals surface area contributed by atoms with Gasteiger partial charge in [-0.2, -0.15) is 0 Å². The summed E-state index contributed by atoms with van der Waals surface area (Å²) in [7, 11) is -3.39. The molecule has 0 aromatic heterocycles. The molecule has 0 unspecified atom stereocenters. The summed E-state index contributed by atoms with van der Waals surface area (Å²) >= 11 is 0.